The minimum atomic E-state index is -2.74. The van der Waals surface area contributed by atoms with Crippen LogP contribution < -0.4 is 0 Å². The van der Waals surface area contributed by atoms with Gasteiger partial charge in [-0.1, -0.05) is 63.4 Å². The Morgan fingerprint density at radius 3 is 1.81 bits per heavy atom. The van der Waals surface area contributed by atoms with Crippen LogP contribution in [0.4, 0.5) is 0 Å². The molecule has 1 aliphatic rings. The van der Waals surface area contributed by atoms with Crippen LogP contribution in [0.2, 0.25) is 0 Å². The molecule has 0 bridgehead atoms. The first-order valence-corrected chi connectivity index (χ1v) is 11.3. The normalized spacial score (nSPS) is 15.5. The summed E-state index contributed by atoms with van der Waals surface area (Å²) >= 11 is 0. The predicted octanol–water partition coefficient (Wildman–Crippen LogP) is 3.37. The number of nitrogens with zero attached hydrogens (tertiary/aromatic N) is 1. The molecule has 0 radical (unpaired) electrons. The number of aliphatic carboxylic acids is 3. The molecule has 0 aliphatic heterocycles. The van der Waals surface area contributed by atoms with Crippen molar-refractivity contribution in [1.82, 2.24) is 4.90 Å². The molecule has 2 rings (SSSR count). The van der Waals surface area contributed by atoms with E-state index in [9.17, 15) is 14.4 Å². The average Bonchev–Trinajstić information content (AvgIpc) is 2.75. The summed E-state index contributed by atoms with van der Waals surface area (Å²) in [5.41, 5.74) is -0.693. The number of carboxylic acids is 3. The SMILES string of the molecule is CCN(CC)CCC1(c2ccccc2)CCCCC1.O=C(O)CC(O)(CC(=O)O)C(=O)O. The predicted molar refractivity (Wildman–Crippen MR) is 121 cm³/mol. The van der Waals surface area contributed by atoms with E-state index in [1.165, 1.54) is 58.2 Å². The van der Waals surface area contributed by atoms with Crippen molar-refractivity contribution in [2.75, 3.05) is 19.6 Å². The molecule has 1 aromatic carbocycles. The van der Waals surface area contributed by atoms with Gasteiger partial charge in [0.2, 0.25) is 0 Å². The molecular formula is C24H37NO7. The number of benzene rings is 1. The van der Waals surface area contributed by atoms with Crippen molar-refractivity contribution in [3.8, 4) is 0 Å². The Labute approximate surface area is 189 Å². The molecule has 4 N–H and O–H groups in total. The van der Waals surface area contributed by atoms with Crippen LogP contribution in [0.1, 0.15) is 70.8 Å². The molecule has 1 aromatic rings. The fourth-order valence-corrected chi connectivity index (χ4v) is 4.33. The fraction of sp³-hybridized carbons (Fsp3) is 0.625. The summed E-state index contributed by atoms with van der Waals surface area (Å²) in [6.07, 6.45) is 6.07. The Kier molecular flexibility index (Phi) is 11.4. The summed E-state index contributed by atoms with van der Waals surface area (Å²) in [6.45, 7) is 8.17. The Bertz CT molecular complexity index is 709. The number of hydrogen-bond acceptors (Lipinski definition) is 5. The van der Waals surface area contributed by atoms with Crippen molar-refractivity contribution in [1.29, 1.82) is 0 Å². The molecule has 0 unspecified atom stereocenters. The lowest BCUT2D eigenvalue weighted by Gasteiger charge is -2.39. The van der Waals surface area contributed by atoms with E-state index in [2.05, 4.69) is 49.1 Å². The highest BCUT2D eigenvalue weighted by molar-refractivity contribution is 5.88. The van der Waals surface area contributed by atoms with E-state index >= 15 is 0 Å². The van der Waals surface area contributed by atoms with Gasteiger partial charge in [-0.2, -0.15) is 0 Å². The van der Waals surface area contributed by atoms with Gasteiger partial charge < -0.3 is 25.3 Å². The minimum Gasteiger partial charge on any atom is -0.481 e. The molecule has 1 saturated carbocycles. The zero-order valence-corrected chi connectivity index (χ0v) is 19.1. The lowest BCUT2D eigenvalue weighted by Crippen LogP contribution is -2.42. The summed E-state index contributed by atoms with van der Waals surface area (Å²) in [6, 6.07) is 11.3. The Morgan fingerprint density at radius 2 is 1.41 bits per heavy atom. The third kappa shape index (κ3) is 8.59. The van der Waals surface area contributed by atoms with Gasteiger partial charge in [0.05, 0.1) is 12.8 Å². The molecule has 32 heavy (non-hydrogen) atoms. The van der Waals surface area contributed by atoms with E-state index in [1.807, 2.05) is 0 Å². The molecule has 0 heterocycles. The number of carbonyl (C=O) groups is 3. The van der Waals surface area contributed by atoms with Gasteiger partial charge in [-0.25, -0.2) is 4.79 Å². The first kappa shape index (κ1) is 27.6. The van der Waals surface area contributed by atoms with Gasteiger partial charge in [0, 0.05) is 0 Å². The smallest absolute Gasteiger partial charge is 0.336 e. The monoisotopic (exact) mass is 451 g/mol. The van der Waals surface area contributed by atoms with Crippen molar-refractivity contribution in [3.05, 3.63) is 35.9 Å². The van der Waals surface area contributed by atoms with E-state index in [1.54, 1.807) is 5.56 Å². The second-order valence-electron chi connectivity index (χ2n) is 8.46. The van der Waals surface area contributed by atoms with Crippen molar-refractivity contribution < 1.29 is 34.8 Å². The number of hydrogen-bond donors (Lipinski definition) is 4. The van der Waals surface area contributed by atoms with Crippen LogP contribution in [-0.4, -0.2) is 68.5 Å². The standard InChI is InChI=1S/C18H29N.C6H8O7/c1-3-19(4-2)16-15-18(13-9-6-10-14-18)17-11-7-5-8-12-17;7-3(8)1-6(13,5(11)12)2-4(9)10/h5,7-8,11-12H,3-4,6,9-10,13-16H2,1-2H3;13H,1-2H2,(H,7,8)(H,9,10)(H,11,12). The minimum absolute atomic E-state index is 0.460. The van der Waals surface area contributed by atoms with Crippen LogP contribution in [-0.2, 0) is 19.8 Å². The van der Waals surface area contributed by atoms with Gasteiger partial charge in [0.25, 0.3) is 0 Å². The van der Waals surface area contributed by atoms with E-state index < -0.39 is 36.4 Å². The maximum absolute atomic E-state index is 10.3. The van der Waals surface area contributed by atoms with E-state index in [4.69, 9.17) is 20.4 Å². The van der Waals surface area contributed by atoms with Crippen molar-refractivity contribution in [2.24, 2.45) is 0 Å². The average molecular weight is 452 g/mol. The lowest BCUT2D eigenvalue weighted by atomic mass is 9.67. The molecule has 0 aromatic heterocycles. The maximum Gasteiger partial charge on any atom is 0.336 e. The fourth-order valence-electron chi connectivity index (χ4n) is 4.33. The maximum atomic E-state index is 10.3. The highest BCUT2D eigenvalue weighted by atomic mass is 16.4. The van der Waals surface area contributed by atoms with Crippen LogP contribution in [0.25, 0.3) is 0 Å². The molecule has 0 amide bonds. The largest absolute Gasteiger partial charge is 0.481 e. The van der Waals surface area contributed by atoms with Gasteiger partial charge >= 0.3 is 17.9 Å². The summed E-state index contributed by atoms with van der Waals surface area (Å²) in [4.78, 5) is 33.1. The van der Waals surface area contributed by atoms with Crippen LogP contribution in [0.5, 0.6) is 0 Å². The molecule has 0 spiro atoms. The van der Waals surface area contributed by atoms with Crippen LogP contribution in [0.15, 0.2) is 30.3 Å². The molecule has 1 aliphatic carbocycles. The van der Waals surface area contributed by atoms with Gasteiger partial charge in [-0.05, 0) is 49.9 Å². The van der Waals surface area contributed by atoms with Crippen molar-refractivity contribution >= 4 is 17.9 Å². The quantitative estimate of drug-likeness (QED) is 0.402. The zero-order valence-electron chi connectivity index (χ0n) is 19.1. The van der Waals surface area contributed by atoms with Crippen molar-refractivity contribution in [3.63, 3.8) is 0 Å². The van der Waals surface area contributed by atoms with E-state index in [-0.39, 0.29) is 0 Å². The van der Waals surface area contributed by atoms with Crippen LogP contribution in [0, 0.1) is 0 Å². The van der Waals surface area contributed by atoms with Gasteiger partial charge in [-0.3, -0.25) is 9.59 Å². The highest BCUT2D eigenvalue weighted by Gasteiger charge is 2.40. The third-order valence-electron chi connectivity index (χ3n) is 6.28. The van der Waals surface area contributed by atoms with Gasteiger partial charge in [0.15, 0.2) is 5.60 Å². The van der Waals surface area contributed by atoms with E-state index in [0.717, 1.165) is 0 Å². The van der Waals surface area contributed by atoms with Crippen LogP contribution >= 0.6 is 0 Å². The zero-order chi connectivity index (χ0) is 24.2. The molecule has 180 valence electrons. The molecule has 8 nitrogen and oxygen atoms in total. The Balaban J connectivity index is 0.000000347. The highest BCUT2D eigenvalue weighted by Crippen LogP contribution is 2.42. The van der Waals surface area contributed by atoms with E-state index in [0.29, 0.717) is 5.41 Å². The van der Waals surface area contributed by atoms with Gasteiger partial charge in [0.1, 0.15) is 0 Å². The van der Waals surface area contributed by atoms with Crippen molar-refractivity contribution in [2.45, 2.75) is 76.2 Å². The molecular weight excluding hydrogens is 414 g/mol. The van der Waals surface area contributed by atoms with Crippen LogP contribution in [0.3, 0.4) is 0 Å². The Morgan fingerprint density at radius 1 is 0.906 bits per heavy atom. The summed E-state index contributed by atoms with van der Waals surface area (Å²) in [5.74, 6) is -5.02. The topological polar surface area (TPSA) is 135 Å². The lowest BCUT2D eigenvalue weighted by molar-refractivity contribution is -0.170. The molecule has 8 heteroatoms. The third-order valence-corrected chi connectivity index (χ3v) is 6.28. The second kappa shape index (κ2) is 13.2. The number of aliphatic hydroxyl groups is 1. The summed E-state index contributed by atoms with van der Waals surface area (Å²) in [5, 5.41) is 33.8. The Hall–Kier alpha value is -2.45. The first-order chi connectivity index (χ1) is 15.1. The first-order valence-electron chi connectivity index (χ1n) is 11.3. The summed E-state index contributed by atoms with van der Waals surface area (Å²) < 4.78 is 0. The molecule has 0 atom stereocenters. The molecule has 1 fully saturated rings. The second-order valence-corrected chi connectivity index (χ2v) is 8.46. The number of carboxylic acid groups (broad SMARTS) is 3. The molecule has 0 saturated heterocycles. The van der Waals surface area contributed by atoms with Gasteiger partial charge in [-0.15, -0.1) is 0 Å². The number of rotatable bonds is 11. The summed E-state index contributed by atoms with van der Waals surface area (Å²) in [7, 11) is 0.